The molecular weight excluding hydrogens is 262 g/mol. The van der Waals surface area contributed by atoms with Crippen molar-refractivity contribution in [2.45, 2.75) is 91.4 Å². The van der Waals surface area contributed by atoms with Crippen molar-refractivity contribution < 1.29 is 9.47 Å². The summed E-state index contributed by atoms with van der Waals surface area (Å²) in [4.78, 5) is 0. The lowest BCUT2D eigenvalue weighted by Crippen LogP contribution is -2.43. The lowest BCUT2D eigenvalue weighted by molar-refractivity contribution is -0.120. The van der Waals surface area contributed by atoms with Crippen LogP contribution >= 0.6 is 0 Å². The normalized spacial score (nSPS) is 27.0. The molecule has 0 aliphatic heterocycles. The zero-order valence-corrected chi connectivity index (χ0v) is 15.5. The van der Waals surface area contributed by atoms with Gasteiger partial charge in [-0.3, -0.25) is 0 Å². The van der Waals surface area contributed by atoms with E-state index in [-0.39, 0.29) is 22.2 Å². The van der Waals surface area contributed by atoms with Crippen LogP contribution in [0, 0.1) is 11.3 Å². The van der Waals surface area contributed by atoms with Crippen LogP contribution in [0.1, 0.15) is 74.7 Å². The van der Waals surface area contributed by atoms with E-state index in [9.17, 15) is 0 Å². The first-order chi connectivity index (χ1) is 9.33. The molecule has 1 fully saturated rings. The van der Waals surface area contributed by atoms with Crippen LogP contribution in [-0.4, -0.2) is 30.0 Å². The summed E-state index contributed by atoms with van der Waals surface area (Å²) in [5, 5.41) is 0. The van der Waals surface area contributed by atoms with Crippen molar-refractivity contribution in [1.29, 1.82) is 0 Å². The Labute approximate surface area is 132 Å². The largest absolute Gasteiger partial charge is 0.376 e. The molecule has 0 heterocycles. The Morgan fingerprint density at radius 2 is 1.62 bits per heavy atom. The predicted molar refractivity (Wildman–Crippen MR) is 89.5 cm³/mol. The standard InChI is InChI=1S/C18H37NO2/c1-9-16(4,5)20-11-10-15(2,3)17(6,7)21-13-14-12-18(14,8)19/h14H,9-13,19H2,1-8H3. The molecule has 0 amide bonds. The highest BCUT2D eigenvalue weighted by Gasteiger charge is 2.48. The molecule has 0 aromatic rings. The first-order valence-electron chi connectivity index (χ1n) is 8.40. The van der Waals surface area contributed by atoms with Crippen LogP contribution in [0.25, 0.3) is 0 Å². The molecule has 1 aliphatic carbocycles. The Bertz CT molecular complexity index is 345. The third-order valence-corrected chi connectivity index (χ3v) is 5.81. The van der Waals surface area contributed by atoms with Crippen LogP contribution < -0.4 is 5.73 Å². The molecule has 2 N–H and O–H groups in total. The minimum atomic E-state index is -0.175. The van der Waals surface area contributed by atoms with E-state index in [4.69, 9.17) is 15.2 Å². The molecule has 0 radical (unpaired) electrons. The highest BCUT2D eigenvalue weighted by Crippen LogP contribution is 2.43. The van der Waals surface area contributed by atoms with Crippen molar-refractivity contribution in [2.24, 2.45) is 17.1 Å². The first-order valence-corrected chi connectivity index (χ1v) is 8.40. The molecule has 2 atom stereocenters. The number of nitrogens with two attached hydrogens (primary N) is 1. The second-order valence-corrected chi connectivity index (χ2v) is 8.82. The highest BCUT2D eigenvalue weighted by atomic mass is 16.5. The Kier molecular flexibility index (Phi) is 5.56. The summed E-state index contributed by atoms with van der Waals surface area (Å²) in [5.74, 6) is 0.517. The molecule has 21 heavy (non-hydrogen) atoms. The summed E-state index contributed by atoms with van der Waals surface area (Å²) in [6, 6.07) is 0. The van der Waals surface area contributed by atoms with Gasteiger partial charge in [-0.05, 0) is 59.3 Å². The second kappa shape index (κ2) is 6.17. The topological polar surface area (TPSA) is 44.5 Å². The quantitative estimate of drug-likeness (QED) is 0.696. The van der Waals surface area contributed by atoms with E-state index in [0.29, 0.717) is 5.92 Å². The number of hydrogen-bond donors (Lipinski definition) is 1. The van der Waals surface area contributed by atoms with Gasteiger partial charge in [0.1, 0.15) is 0 Å². The lowest BCUT2D eigenvalue weighted by Gasteiger charge is -2.42. The van der Waals surface area contributed by atoms with Gasteiger partial charge in [-0.25, -0.2) is 0 Å². The summed E-state index contributed by atoms with van der Waals surface area (Å²) in [6.45, 7) is 19.0. The second-order valence-electron chi connectivity index (χ2n) is 8.82. The highest BCUT2D eigenvalue weighted by molar-refractivity contribution is 5.04. The van der Waals surface area contributed by atoms with Gasteiger partial charge in [-0.15, -0.1) is 0 Å². The molecule has 0 bridgehead atoms. The van der Waals surface area contributed by atoms with E-state index in [1.54, 1.807) is 0 Å². The fourth-order valence-corrected chi connectivity index (χ4v) is 2.21. The molecule has 0 aromatic carbocycles. The van der Waals surface area contributed by atoms with Crippen LogP contribution in [0.15, 0.2) is 0 Å². The van der Waals surface area contributed by atoms with Crippen LogP contribution in [0.3, 0.4) is 0 Å². The van der Waals surface area contributed by atoms with Gasteiger partial charge in [-0.2, -0.15) is 0 Å². The average molecular weight is 299 g/mol. The number of hydrogen-bond acceptors (Lipinski definition) is 3. The first kappa shape index (κ1) is 18.9. The molecule has 0 spiro atoms. The SMILES string of the molecule is CCC(C)(C)OCCC(C)(C)C(C)(C)OCC1CC1(C)N. The summed E-state index contributed by atoms with van der Waals surface area (Å²) in [7, 11) is 0. The average Bonchev–Trinajstić information content (AvgIpc) is 2.94. The van der Waals surface area contributed by atoms with Crippen LogP contribution in [0.2, 0.25) is 0 Å². The van der Waals surface area contributed by atoms with Crippen molar-refractivity contribution in [3.63, 3.8) is 0 Å². The molecule has 3 heteroatoms. The number of rotatable bonds is 9. The van der Waals surface area contributed by atoms with E-state index >= 15 is 0 Å². The summed E-state index contributed by atoms with van der Waals surface area (Å²) >= 11 is 0. The summed E-state index contributed by atoms with van der Waals surface area (Å²) in [6.07, 6.45) is 3.11. The molecule has 2 unspecified atom stereocenters. The number of ether oxygens (including phenoxy) is 2. The van der Waals surface area contributed by atoms with Gasteiger partial charge in [0.2, 0.25) is 0 Å². The Hall–Kier alpha value is -0.120. The van der Waals surface area contributed by atoms with Crippen molar-refractivity contribution in [3.8, 4) is 0 Å². The fourth-order valence-electron chi connectivity index (χ4n) is 2.21. The Morgan fingerprint density at radius 1 is 1.10 bits per heavy atom. The van der Waals surface area contributed by atoms with E-state index in [2.05, 4.69) is 55.4 Å². The molecule has 1 rings (SSSR count). The molecule has 0 aromatic heterocycles. The van der Waals surface area contributed by atoms with Crippen molar-refractivity contribution in [1.82, 2.24) is 0 Å². The Morgan fingerprint density at radius 3 is 2.05 bits per heavy atom. The van der Waals surface area contributed by atoms with Crippen molar-refractivity contribution >= 4 is 0 Å². The third kappa shape index (κ3) is 5.22. The lowest BCUT2D eigenvalue weighted by atomic mass is 9.74. The smallest absolute Gasteiger partial charge is 0.0678 e. The molecular formula is C18H37NO2. The summed E-state index contributed by atoms with van der Waals surface area (Å²) < 4.78 is 12.2. The van der Waals surface area contributed by atoms with E-state index in [0.717, 1.165) is 32.5 Å². The maximum atomic E-state index is 6.23. The maximum absolute atomic E-state index is 6.23. The zero-order valence-electron chi connectivity index (χ0n) is 15.5. The van der Waals surface area contributed by atoms with Gasteiger partial charge < -0.3 is 15.2 Å². The molecule has 126 valence electrons. The monoisotopic (exact) mass is 299 g/mol. The molecule has 1 saturated carbocycles. The molecule has 3 nitrogen and oxygen atoms in total. The molecule has 1 aliphatic rings. The van der Waals surface area contributed by atoms with Gasteiger partial charge in [0.25, 0.3) is 0 Å². The minimum absolute atomic E-state index is 0.00547. The maximum Gasteiger partial charge on any atom is 0.0678 e. The minimum Gasteiger partial charge on any atom is -0.376 e. The fraction of sp³-hybridized carbons (Fsp3) is 1.00. The Balaban J connectivity index is 2.43. The zero-order chi connectivity index (χ0) is 16.5. The van der Waals surface area contributed by atoms with Gasteiger partial charge in [0, 0.05) is 18.1 Å². The van der Waals surface area contributed by atoms with Crippen molar-refractivity contribution in [3.05, 3.63) is 0 Å². The van der Waals surface area contributed by atoms with Gasteiger partial charge in [-0.1, -0.05) is 20.8 Å². The van der Waals surface area contributed by atoms with Gasteiger partial charge in [0.05, 0.1) is 17.8 Å². The predicted octanol–water partition coefficient (Wildman–Crippen LogP) is 4.14. The van der Waals surface area contributed by atoms with E-state index in [1.807, 2.05) is 0 Å². The van der Waals surface area contributed by atoms with Crippen molar-refractivity contribution in [2.75, 3.05) is 13.2 Å². The third-order valence-electron chi connectivity index (χ3n) is 5.81. The molecule has 0 saturated heterocycles. The van der Waals surface area contributed by atoms with E-state index in [1.165, 1.54) is 0 Å². The van der Waals surface area contributed by atoms with Gasteiger partial charge >= 0.3 is 0 Å². The van der Waals surface area contributed by atoms with E-state index < -0.39 is 0 Å². The van der Waals surface area contributed by atoms with Crippen LogP contribution in [0.4, 0.5) is 0 Å². The van der Waals surface area contributed by atoms with Crippen LogP contribution in [0.5, 0.6) is 0 Å². The van der Waals surface area contributed by atoms with Crippen LogP contribution in [-0.2, 0) is 9.47 Å². The summed E-state index contributed by atoms with van der Waals surface area (Å²) in [5.41, 5.74) is 5.95. The van der Waals surface area contributed by atoms with Gasteiger partial charge in [0.15, 0.2) is 0 Å².